The lowest BCUT2D eigenvalue weighted by molar-refractivity contribution is -0.142. The fourth-order valence-electron chi connectivity index (χ4n) is 2.59. The molecule has 13 nitrogen and oxygen atoms in total. The summed E-state index contributed by atoms with van der Waals surface area (Å²) in [7, 11) is 0. The highest BCUT2D eigenvalue weighted by Crippen LogP contribution is 2.04. The average molecular weight is 478 g/mol. The van der Waals surface area contributed by atoms with Crippen LogP contribution in [0.15, 0.2) is 4.99 Å². The van der Waals surface area contributed by atoms with Gasteiger partial charge in [0.25, 0.3) is 0 Å². The number of nitrogens with zero attached hydrogens (tertiary/aromatic N) is 1. The zero-order chi connectivity index (χ0) is 24.8. The number of nitrogens with one attached hydrogen (secondary N) is 3. The summed E-state index contributed by atoms with van der Waals surface area (Å²) in [5.41, 5.74) is 16.2. The average Bonchev–Trinajstić information content (AvgIpc) is 2.70. The molecule has 184 valence electrons. The standard InChI is InChI=1S/C18H35N7O6S/c1-9(2)6-10(19)14(27)25-13(8-32)16(29)24-12(7-26)15(28)23-11(17(30)31)4-3-5-22-18(20)21/h9-13,26,32H,3-8,19H2,1-2H3,(H,23,28)(H,24,29)(H,25,27)(H,30,31)(H4,20,21,22). The van der Waals surface area contributed by atoms with E-state index in [1.54, 1.807) is 0 Å². The molecule has 0 aliphatic carbocycles. The number of carbonyl (C=O) groups is 4. The number of carboxylic acids is 1. The smallest absolute Gasteiger partial charge is 0.326 e. The van der Waals surface area contributed by atoms with Crippen LogP contribution < -0.4 is 33.2 Å². The second kappa shape index (κ2) is 15.3. The van der Waals surface area contributed by atoms with Crippen LogP contribution in [0.25, 0.3) is 0 Å². The Morgan fingerprint density at radius 3 is 1.97 bits per heavy atom. The zero-order valence-electron chi connectivity index (χ0n) is 18.3. The minimum Gasteiger partial charge on any atom is -0.480 e. The molecule has 0 aromatic carbocycles. The van der Waals surface area contributed by atoms with Crippen molar-refractivity contribution >= 4 is 42.3 Å². The first-order valence-corrected chi connectivity index (χ1v) is 10.7. The highest BCUT2D eigenvalue weighted by molar-refractivity contribution is 7.80. The molecule has 0 saturated heterocycles. The molecular formula is C18H35N7O6S. The fraction of sp³-hybridized carbons (Fsp3) is 0.722. The normalized spacial score (nSPS) is 14.6. The van der Waals surface area contributed by atoms with Crippen molar-refractivity contribution in [2.45, 2.75) is 57.3 Å². The van der Waals surface area contributed by atoms with E-state index < -0.39 is 54.5 Å². The van der Waals surface area contributed by atoms with Gasteiger partial charge in [0.1, 0.15) is 18.1 Å². The van der Waals surface area contributed by atoms with Gasteiger partial charge in [-0.15, -0.1) is 0 Å². The van der Waals surface area contributed by atoms with Crippen LogP contribution in [-0.2, 0) is 19.2 Å². The molecule has 0 aromatic heterocycles. The van der Waals surface area contributed by atoms with Crippen molar-refractivity contribution in [3.05, 3.63) is 0 Å². The van der Waals surface area contributed by atoms with Crippen molar-refractivity contribution in [2.75, 3.05) is 18.9 Å². The Bertz CT molecular complexity index is 672. The Hall–Kier alpha value is -2.58. The van der Waals surface area contributed by atoms with Gasteiger partial charge in [0, 0.05) is 12.3 Å². The second-order valence-electron chi connectivity index (χ2n) is 7.57. The number of carboxylic acid groups (broad SMARTS) is 1. The number of carbonyl (C=O) groups excluding carboxylic acids is 3. The minimum absolute atomic E-state index is 0.0208. The summed E-state index contributed by atoms with van der Waals surface area (Å²) in [4.78, 5) is 52.1. The zero-order valence-corrected chi connectivity index (χ0v) is 19.2. The number of hydrogen-bond acceptors (Lipinski definition) is 8. The lowest BCUT2D eigenvalue weighted by Gasteiger charge is -2.23. The molecule has 11 N–H and O–H groups in total. The predicted molar refractivity (Wildman–Crippen MR) is 122 cm³/mol. The van der Waals surface area contributed by atoms with Gasteiger partial charge in [0.05, 0.1) is 12.6 Å². The Labute approximate surface area is 192 Å². The van der Waals surface area contributed by atoms with Crippen LogP contribution in [0.4, 0.5) is 0 Å². The number of hydrogen-bond donors (Lipinski definition) is 9. The Morgan fingerprint density at radius 1 is 0.969 bits per heavy atom. The number of aliphatic imine (C=N–C) groups is 1. The predicted octanol–water partition coefficient (Wildman–Crippen LogP) is -3.13. The summed E-state index contributed by atoms with van der Waals surface area (Å²) in [6.45, 7) is 3.17. The van der Waals surface area contributed by atoms with E-state index in [1.165, 1.54) is 0 Å². The van der Waals surface area contributed by atoms with Gasteiger partial charge in [-0.2, -0.15) is 12.6 Å². The molecule has 0 bridgehead atoms. The number of guanidine groups is 1. The molecule has 3 amide bonds. The van der Waals surface area contributed by atoms with E-state index in [2.05, 4.69) is 33.6 Å². The third-order valence-corrected chi connectivity index (χ3v) is 4.62. The van der Waals surface area contributed by atoms with Crippen molar-refractivity contribution < 1.29 is 29.4 Å². The lowest BCUT2D eigenvalue weighted by Crippen LogP contribution is -2.58. The number of aliphatic hydroxyl groups excluding tert-OH is 1. The Morgan fingerprint density at radius 2 is 1.50 bits per heavy atom. The number of thiol groups is 1. The molecule has 0 radical (unpaired) electrons. The third kappa shape index (κ3) is 11.7. The topological polar surface area (TPSA) is 235 Å². The largest absolute Gasteiger partial charge is 0.480 e. The van der Waals surface area contributed by atoms with E-state index in [0.29, 0.717) is 6.42 Å². The van der Waals surface area contributed by atoms with Gasteiger partial charge >= 0.3 is 5.97 Å². The highest BCUT2D eigenvalue weighted by Gasteiger charge is 2.29. The third-order valence-electron chi connectivity index (χ3n) is 4.25. The molecule has 0 aliphatic heterocycles. The molecule has 14 heteroatoms. The van der Waals surface area contributed by atoms with E-state index in [1.807, 2.05) is 13.8 Å². The van der Waals surface area contributed by atoms with E-state index >= 15 is 0 Å². The molecule has 0 heterocycles. The highest BCUT2D eigenvalue weighted by atomic mass is 32.1. The first kappa shape index (κ1) is 29.4. The molecule has 0 saturated carbocycles. The fourth-order valence-corrected chi connectivity index (χ4v) is 2.84. The van der Waals surface area contributed by atoms with Gasteiger partial charge in [0.15, 0.2) is 5.96 Å². The van der Waals surface area contributed by atoms with Crippen molar-refractivity contribution in [1.82, 2.24) is 16.0 Å². The van der Waals surface area contributed by atoms with Crippen LogP contribution in [0.3, 0.4) is 0 Å². The Balaban J connectivity index is 4.95. The SMILES string of the molecule is CC(C)CC(N)C(=O)NC(CS)C(=O)NC(CO)C(=O)NC(CCCN=C(N)N)C(=O)O. The molecule has 0 fully saturated rings. The number of nitrogens with two attached hydrogens (primary N) is 3. The van der Waals surface area contributed by atoms with Crippen molar-refractivity contribution in [3.8, 4) is 0 Å². The molecule has 4 atom stereocenters. The first-order chi connectivity index (χ1) is 14.9. The van der Waals surface area contributed by atoms with Gasteiger partial charge in [-0.25, -0.2) is 4.79 Å². The van der Waals surface area contributed by atoms with Crippen LogP contribution in [0, 0.1) is 5.92 Å². The molecule has 0 aromatic rings. The Kier molecular flexibility index (Phi) is 14.0. The molecule has 32 heavy (non-hydrogen) atoms. The summed E-state index contributed by atoms with van der Waals surface area (Å²) < 4.78 is 0. The molecule has 4 unspecified atom stereocenters. The summed E-state index contributed by atoms with van der Waals surface area (Å²) in [5, 5.41) is 25.8. The lowest BCUT2D eigenvalue weighted by atomic mass is 10.0. The van der Waals surface area contributed by atoms with Crippen LogP contribution in [0.5, 0.6) is 0 Å². The van der Waals surface area contributed by atoms with Crippen molar-refractivity contribution in [1.29, 1.82) is 0 Å². The van der Waals surface area contributed by atoms with Gasteiger partial charge < -0.3 is 43.4 Å². The quantitative estimate of drug-likeness (QED) is 0.0501. The van der Waals surface area contributed by atoms with Gasteiger partial charge in [-0.3, -0.25) is 19.4 Å². The van der Waals surface area contributed by atoms with E-state index in [4.69, 9.17) is 17.2 Å². The minimum atomic E-state index is -1.44. The van der Waals surface area contributed by atoms with E-state index in [0.717, 1.165) is 0 Å². The number of rotatable bonds is 15. The summed E-state index contributed by atoms with van der Waals surface area (Å²) >= 11 is 4.03. The summed E-state index contributed by atoms with van der Waals surface area (Å²) in [6.07, 6.45) is 0.705. The van der Waals surface area contributed by atoms with Crippen LogP contribution in [0.2, 0.25) is 0 Å². The van der Waals surface area contributed by atoms with Crippen LogP contribution in [0.1, 0.15) is 33.1 Å². The maximum atomic E-state index is 12.5. The number of amides is 3. The van der Waals surface area contributed by atoms with Crippen molar-refractivity contribution in [3.63, 3.8) is 0 Å². The van der Waals surface area contributed by atoms with Crippen LogP contribution in [-0.4, -0.2) is 82.9 Å². The molecular weight excluding hydrogens is 442 g/mol. The van der Waals surface area contributed by atoms with Crippen molar-refractivity contribution in [2.24, 2.45) is 28.1 Å². The molecule has 0 rings (SSSR count). The summed E-state index contributed by atoms with van der Waals surface area (Å²) in [5.74, 6) is -3.60. The maximum absolute atomic E-state index is 12.5. The maximum Gasteiger partial charge on any atom is 0.326 e. The van der Waals surface area contributed by atoms with Gasteiger partial charge in [-0.05, 0) is 25.2 Å². The van der Waals surface area contributed by atoms with E-state index in [9.17, 15) is 29.4 Å². The number of aliphatic hydroxyl groups is 1. The first-order valence-electron chi connectivity index (χ1n) is 10.1. The summed E-state index contributed by atoms with van der Waals surface area (Å²) in [6, 6.07) is -4.65. The van der Waals surface area contributed by atoms with Gasteiger partial charge in [0.2, 0.25) is 17.7 Å². The molecule has 0 spiro atoms. The number of aliphatic carboxylic acids is 1. The second-order valence-corrected chi connectivity index (χ2v) is 7.94. The molecule has 0 aliphatic rings. The van der Waals surface area contributed by atoms with Gasteiger partial charge in [-0.1, -0.05) is 13.8 Å². The monoisotopic (exact) mass is 477 g/mol. The van der Waals surface area contributed by atoms with E-state index in [-0.39, 0.29) is 37.0 Å². The van der Waals surface area contributed by atoms with Crippen LogP contribution >= 0.6 is 12.6 Å².